The van der Waals surface area contributed by atoms with Gasteiger partial charge in [-0.25, -0.2) is 4.99 Å². The van der Waals surface area contributed by atoms with E-state index in [0.717, 1.165) is 24.6 Å². The Bertz CT molecular complexity index is 483. The number of nitrogens with one attached hydrogen (secondary N) is 3. The normalized spacial score (nSPS) is 13.0. The molecule has 6 nitrogen and oxygen atoms in total. The Morgan fingerprint density at radius 1 is 1.25 bits per heavy atom. The maximum atomic E-state index is 11.9. The van der Waals surface area contributed by atoms with Gasteiger partial charge < -0.3 is 20.4 Å². The molecule has 0 saturated heterocycles. The SMILES string of the molecule is CCNC(=NCC(=O)NCc1ccco1)NC(C)CCCC(C)C. The van der Waals surface area contributed by atoms with Gasteiger partial charge in [0.2, 0.25) is 5.91 Å². The summed E-state index contributed by atoms with van der Waals surface area (Å²) in [7, 11) is 0. The summed E-state index contributed by atoms with van der Waals surface area (Å²) in [5.41, 5.74) is 0. The third-order valence-corrected chi connectivity index (χ3v) is 3.57. The van der Waals surface area contributed by atoms with Gasteiger partial charge in [0.25, 0.3) is 0 Å². The van der Waals surface area contributed by atoms with Crippen molar-refractivity contribution in [1.82, 2.24) is 16.0 Å². The van der Waals surface area contributed by atoms with E-state index in [-0.39, 0.29) is 12.5 Å². The number of furan rings is 1. The van der Waals surface area contributed by atoms with Crippen LogP contribution in [-0.2, 0) is 11.3 Å². The van der Waals surface area contributed by atoms with Crippen molar-refractivity contribution in [2.45, 2.75) is 59.5 Å². The molecule has 0 aliphatic heterocycles. The third kappa shape index (κ3) is 9.22. The highest BCUT2D eigenvalue weighted by molar-refractivity contribution is 5.84. The molecule has 1 unspecified atom stereocenters. The predicted molar refractivity (Wildman–Crippen MR) is 97.8 cm³/mol. The number of guanidine groups is 1. The Morgan fingerprint density at radius 2 is 2.04 bits per heavy atom. The standard InChI is InChI=1S/C18H32N4O2/c1-5-19-18(22-15(4)9-6-8-14(2)3)21-13-17(23)20-12-16-10-7-11-24-16/h7,10-11,14-15H,5-6,8-9,12-13H2,1-4H3,(H,20,23)(H2,19,21,22). The molecule has 1 rings (SSSR count). The largest absolute Gasteiger partial charge is 0.467 e. The summed E-state index contributed by atoms with van der Waals surface area (Å²) in [6.07, 6.45) is 5.10. The van der Waals surface area contributed by atoms with Gasteiger partial charge in [-0.15, -0.1) is 0 Å². The molecule has 0 fully saturated rings. The zero-order chi connectivity index (χ0) is 17.8. The summed E-state index contributed by atoms with van der Waals surface area (Å²) in [6, 6.07) is 3.95. The second kappa shape index (κ2) is 11.5. The second-order valence-electron chi connectivity index (χ2n) is 6.42. The molecule has 0 saturated carbocycles. The predicted octanol–water partition coefficient (Wildman–Crippen LogP) is 2.67. The summed E-state index contributed by atoms with van der Waals surface area (Å²) < 4.78 is 5.18. The number of amides is 1. The molecule has 24 heavy (non-hydrogen) atoms. The molecule has 0 spiro atoms. The first kappa shape index (κ1) is 20.1. The highest BCUT2D eigenvalue weighted by atomic mass is 16.3. The molecule has 0 bridgehead atoms. The van der Waals surface area contributed by atoms with Crippen molar-refractivity contribution < 1.29 is 9.21 Å². The van der Waals surface area contributed by atoms with Crippen molar-refractivity contribution in [2.75, 3.05) is 13.1 Å². The van der Waals surface area contributed by atoms with Gasteiger partial charge in [-0.3, -0.25) is 4.79 Å². The Balaban J connectivity index is 2.35. The van der Waals surface area contributed by atoms with E-state index < -0.39 is 0 Å². The lowest BCUT2D eigenvalue weighted by molar-refractivity contribution is -0.119. The van der Waals surface area contributed by atoms with Gasteiger partial charge in [-0.2, -0.15) is 0 Å². The van der Waals surface area contributed by atoms with Crippen LogP contribution in [0.4, 0.5) is 0 Å². The number of hydrogen-bond acceptors (Lipinski definition) is 3. The first-order chi connectivity index (χ1) is 11.5. The molecule has 3 N–H and O–H groups in total. The highest BCUT2D eigenvalue weighted by Crippen LogP contribution is 2.08. The third-order valence-electron chi connectivity index (χ3n) is 3.57. The van der Waals surface area contributed by atoms with Crippen LogP contribution in [0.2, 0.25) is 0 Å². The first-order valence-corrected chi connectivity index (χ1v) is 8.85. The van der Waals surface area contributed by atoms with Gasteiger partial charge in [0.15, 0.2) is 5.96 Å². The molecule has 0 radical (unpaired) electrons. The van der Waals surface area contributed by atoms with Crippen LogP contribution in [0.15, 0.2) is 27.8 Å². The molecule has 1 heterocycles. The summed E-state index contributed by atoms with van der Waals surface area (Å²) in [5, 5.41) is 9.32. The van der Waals surface area contributed by atoms with Crippen molar-refractivity contribution in [3.05, 3.63) is 24.2 Å². The number of carbonyl (C=O) groups is 1. The minimum atomic E-state index is -0.129. The molecule has 6 heteroatoms. The minimum absolute atomic E-state index is 0.0920. The monoisotopic (exact) mass is 336 g/mol. The van der Waals surface area contributed by atoms with Crippen LogP contribution >= 0.6 is 0 Å². The van der Waals surface area contributed by atoms with Crippen molar-refractivity contribution in [3.8, 4) is 0 Å². The van der Waals surface area contributed by atoms with Gasteiger partial charge in [-0.05, 0) is 38.3 Å². The molecule has 0 aliphatic carbocycles. The average Bonchev–Trinajstić information content (AvgIpc) is 3.04. The van der Waals surface area contributed by atoms with Crippen molar-refractivity contribution in [1.29, 1.82) is 0 Å². The van der Waals surface area contributed by atoms with E-state index >= 15 is 0 Å². The van der Waals surface area contributed by atoms with Gasteiger partial charge in [0, 0.05) is 12.6 Å². The highest BCUT2D eigenvalue weighted by Gasteiger charge is 2.07. The molecular formula is C18H32N4O2. The topological polar surface area (TPSA) is 78.7 Å². The molecular weight excluding hydrogens is 304 g/mol. The van der Waals surface area contributed by atoms with Crippen LogP contribution in [0, 0.1) is 5.92 Å². The average molecular weight is 336 g/mol. The van der Waals surface area contributed by atoms with Crippen molar-refractivity contribution in [3.63, 3.8) is 0 Å². The summed E-state index contributed by atoms with van der Waals surface area (Å²) in [6.45, 7) is 9.88. The zero-order valence-corrected chi connectivity index (χ0v) is 15.4. The van der Waals surface area contributed by atoms with E-state index in [2.05, 4.69) is 41.7 Å². The smallest absolute Gasteiger partial charge is 0.242 e. The Labute approximate surface area is 145 Å². The lowest BCUT2D eigenvalue weighted by atomic mass is 10.0. The van der Waals surface area contributed by atoms with Gasteiger partial charge in [0.1, 0.15) is 12.3 Å². The molecule has 1 aromatic rings. The van der Waals surface area contributed by atoms with Crippen LogP contribution in [-0.4, -0.2) is 31.0 Å². The Kier molecular flexibility index (Phi) is 9.65. The summed E-state index contributed by atoms with van der Waals surface area (Å²) in [4.78, 5) is 16.2. The molecule has 0 aromatic carbocycles. The molecule has 1 atom stereocenters. The fourth-order valence-electron chi connectivity index (χ4n) is 2.26. The van der Waals surface area contributed by atoms with E-state index in [4.69, 9.17) is 4.42 Å². The van der Waals surface area contributed by atoms with Crippen molar-refractivity contribution in [2.24, 2.45) is 10.9 Å². The van der Waals surface area contributed by atoms with E-state index in [1.165, 1.54) is 12.8 Å². The zero-order valence-electron chi connectivity index (χ0n) is 15.4. The van der Waals surface area contributed by atoms with E-state index in [1.54, 1.807) is 12.3 Å². The molecule has 1 aromatic heterocycles. The maximum absolute atomic E-state index is 11.9. The second-order valence-corrected chi connectivity index (χ2v) is 6.42. The van der Waals surface area contributed by atoms with E-state index in [1.807, 2.05) is 13.0 Å². The summed E-state index contributed by atoms with van der Waals surface area (Å²) >= 11 is 0. The molecule has 0 aliphatic rings. The number of nitrogens with zero attached hydrogens (tertiary/aromatic N) is 1. The van der Waals surface area contributed by atoms with Crippen molar-refractivity contribution >= 4 is 11.9 Å². The van der Waals surface area contributed by atoms with E-state index in [9.17, 15) is 4.79 Å². The number of hydrogen-bond donors (Lipinski definition) is 3. The lowest BCUT2D eigenvalue weighted by Gasteiger charge is -2.18. The van der Waals surface area contributed by atoms with Crippen LogP contribution in [0.5, 0.6) is 0 Å². The summed E-state index contributed by atoms with van der Waals surface area (Å²) in [5.74, 6) is 2.02. The van der Waals surface area contributed by atoms with Gasteiger partial charge in [0.05, 0.1) is 12.8 Å². The van der Waals surface area contributed by atoms with Crippen LogP contribution < -0.4 is 16.0 Å². The van der Waals surface area contributed by atoms with Gasteiger partial charge in [-0.1, -0.05) is 26.7 Å². The minimum Gasteiger partial charge on any atom is -0.467 e. The maximum Gasteiger partial charge on any atom is 0.242 e. The van der Waals surface area contributed by atoms with Crippen LogP contribution in [0.25, 0.3) is 0 Å². The Morgan fingerprint density at radius 3 is 2.67 bits per heavy atom. The Hall–Kier alpha value is -1.98. The first-order valence-electron chi connectivity index (χ1n) is 8.85. The lowest BCUT2D eigenvalue weighted by Crippen LogP contribution is -2.43. The van der Waals surface area contributed by atoms with Gasteiger partial charge >= 0.3 is 0 Å². The number of carbonyl (C=O) groups excluding carboxylic acids is 1. The quantitative estimate of drug-likeness (QED) is 0.453. The fourth-order valence-corrected chi connectivity index (χ4v) is 2.26. The molecule has 1 amide bonds. The van der Waals surface area contributed by atoms with E-state index in [0.29, 0.717) is 18.5 Å². The molecule has 136 valence electrons. The van der Waals surface area contributed by atoms with Crippen LogP contribution in [0.1, 0.15) is 52.7 Å². The van der Waals surface area contributed by atoms with Crippen LogP contribution in [0.3, 0.4) is 0 Å². The number of rotatable bonds is 10. The number of aliphatic imine (C=N–C) groups is 1. The fraction of sp³-hybridized carbons (Fsp3) is 0.667.